The molecule has 1 unspecified atom stereocenters. The van der Waals surface area contributed by atoms with Crippen molar-refractivity contribution in [2.45, 2.75) is 52.1 Å². The van der Waals surface area contributed by atoms with E-state index in [-0.39, 0.29) is 37.7 Å². The number of rotatable bonds is 14. The SMILES string of the molecule is CCCNC(=O)C(Cc1ccccc1)N(Cc1ccccc1)C(=O)CCCN(c1cc(Cl)ccc1C)S(C)(=O)=O. The van der Waals surface area contributed by atoms with Crippen molar-refractivity contribution in [2.24, 2.45) is 0 Å². The Morgan fingerprint density at radius 3 is 2.17 bits per heavy atom. The lowest BCUT2D eigenvalue weighted by Gasteiger charge is -2.32. The van der Waals surface area contributed by atoms with Gasteiger partial charge in [-0.25, -0.2) is 8.42 Å². The van der Waals surface area contributed by atoms with E-state index in [1.807, 2.05) is 74.5 Å². The molecule has 0 radical (unpaired) electrons. The van der Waals surface area contributed by atoms with Gasteiger partial charge in [-0.2, -0.15) is 0 Å². The van der Waals surface area contributed by atoms with Crippen LogP contribution in [0.1, 0.15) is 42.9 Å². The van der Waals surface area contributed by atoms with Gasteiger partial charge < -0.3 is 10.2 Å². The molecule has 40 heavy (non-hydrogen) atoms. The predicted molar refractivity (Wildman–Crippen MR) is 162 cm³/mol. The van der Waals surface area contributed by atoms with Crippen molar-refractivity contribution in [3.05, 3.63) is 101 Å². The number of aryl methyl sites for hydroxylation is 1. The Kier molecular flexibility index (Phi) is 11.6. The van der Waals surface area contributed by atoms with Crippen LogP contribution in [0.3, 0.4) is 0 Å². The molecule has 0 aliphatic rings. The molecule has 0 aliphatic heterocycles. The van der Waals surface area contributed by atoms with Crippen LogP contribution in [0.15, 0.2) is 78.9 Å². The van der Waals surface area contributed by atoms with Gasteiger partial charge in [-0.3, -0.25) is 13.9 Å². The van der Waals surface area contributed by atoms with Crippen LogP contribution in [-0.2, 0) is 32.6 Å². The van der Waals surface area contributed by atoms with E-state index >= 15 is 0 Å². The second-order valence-corrected chi connectivity index (χ2v) is 12.2. The third-order valence-electron chi connectivity index (χ3n) is 6.61. The fourth-order valence-electron chi connectivity index (χ4n) is 4.53. The Balaban J connectivity index is 1.86. The van der Waals surface area contributed by atoms with Crippen LogP contribution in [0.2, 0.25) is 5.02 Å². The first kappa shape index (κ1) is 31.2. The summed E-state index contributed by atoms with van der Waals surface area (Å²) in [6, 6.07) is 23.6. The van der Waals surface area contributed by atoms with Crippen LogP contribution in [0.25, 0.3) is 0 Å². The zero-order valence-corrected chi connectivity index (χ0v) is 24.9. The Hall–Kier alpha value is -3.36. The molecule has 1 N–H and O–H groups in total. The normalized spacial score (nSPS) is 12.0. The van der Waals surface area contributed by atoms with E-state index < -0.39 is 16.1 Å². The molecule has 0 aromatic heterocycles. The van der Waals surface area contributed by atoms with Crippen molar-refractivity contribution < 1.29 is 18.0 Å². The van der Waals surface area contributed by atoms with Crippen molar-refractivity contribution in [3.8, 4) is 0 Å². The fourth-order valence-corrected chi connectivity index (χ4v) is 5.71. The number of carbonyl (C=O) groups excluding carboxylic acids is 2. The third-order valence-corrected chi connectivity index (χ3v) is 8.02. The number of amides is 2. The van der Waals surface area contributed by atoms with Crippen LogP contribution in [0, 0.1) is 6.92 Å². The van der Waals surface area contributed by atoms with Crippen LogP contribution in [-0.4, -0.2) is 50.5 Å². The summed E-state index contributed by atoms with van der Waals surface area (Å²) in [4.78, 5) is 28.8. The molecule has 9 heteroatoms. The molecule has 1 atom stereocenters. The first-order chi connectivity index (χ1) is 19.1. The summed E-state index contributed by atoms with van der Waals surface area (Å²) in [5, 5.41) is 3.40. The molecule has 7 nitrogen and oxygen atoms in total. The second kappa shape index (κ2) is 14.9. The van der Waals surface area contributed by atoms with Gasteiger partial charge in [0.25, 0.3) is 0 Å². The molecule has 0 heterocycles. The summed E-state index contributed by atoms with van der Waals surface area (Å²) < 4.78 is 26.7. The number of sulfonamides is 1. The minimum absolute atomic E-state index is 0.0742. The monoisotopic (exact) mass is 583 g/mol. The number of nitrogens with one attached hydrogen (secondary N) is 1. The second-order valence-electron chi connectivity index (χ2n) is 9.87. The van der Waals surface area contributed by atoms with Gasteiger partial charge in [0.05, 0.1) is 11.9 Å². The minimum atomic E-state index is -3.62. The largest absolute Gasteiger partial charge is 0.354 e. The Morgan fingerprint density at radius 1 is 0.950 bits per heavy atom. The molecular formula is C31H38ClN3O4S. The Morgan fingerprint density at radius 2 is 1.57 bits per heavy atom. The topological polar surface area (TPSA) is 86.8 Å². The molecule has 3 aromatic carbocycles. The Labute approximate surface area is 243 Å². The molecule has 3 aromatic rings. The zero-order chi connectivity index (χ0) is 29.1. The molecular weight excluding hydrogens is 546 g/mol. The summed E-state index contributed by atoms with van der Waals surface area (Å²) in [7, 11) is -3.62. The van der Waals surface area contributed by atoms with Crippen LogP contribution < -0.4 is 9.62 Å². The van der Waals surface area contributed by atoms with E-state index in [1.54, 1.807) is 23.1 Å². The first-order valence-electron chi connectivity index (χ1n) is 13.5. The summed E-state index contributed by atoms with van der Waals surface area (Å²) in [5.74, 6) is -0.421. The quantitative estimate of drug-likeness (QED) is 0.277. The van der Waals surface area contributed by atoms with E-state index in [9.17, 15) is 18.0 Å². The van der Waals surface area contributed by atoms with E-state index in [4.69, 9.17) is 11.6 Å². The predicted octanol–water partition coefficient (Wildman–Crippen LogP) is 5.36. The van der Waals surface area contributed by atoms with Crippen molar-refractivity contribution >= 4 is 39.1 Å². The van der Waals surface area contributed by atoms with Gasteiger partial charge in [0.2, 0.25) is 21.8 Å². The summed E-state index contributed by atoms with van der Waals surface area (Å²) in [6.07, 6.45) is 2.64. The maximum absolute atomic E-state index is 13.8. The minimum Gasteiger partial charge on any atom is -0.354 e. The number of benzene rings is 3. The number of hydrogen-bond donors (Lipinski definition) is 1. The molecule has 0 spiro atoms. The lowest BCUT2D eigenvalue weighted by atomic mass is 10.0. The molecule has 0 saturated heterocycles. The highest BCUT2D eigenvalue weighted by Gasteiger charge is 2.30. The van der Waals surface area contributed by atoms with E-state index in [0.29, 0.717) is 23.7 Å². The van der Waals surface area contributed by atoms with Crippen LogP contribution in [0.4, 0.5) is 5.69 Å². The maximum atomic E-state index is 13.8. The molecule has 0 bridgehead atoms. The highest BCUT2D eigenvalue weighted by atomic mass is 35.5. The van der Waals surface area contributed by atoms with Crippen molar-refractivity contribution in [3.63, 3.8) is 0 Å². The van der Waals surface area contributed by atoms with Gasteiger partial charge in [0.15, 0.2) is 0 Å². The number of hydrogen-bond acceptors (Lipinski definition) is 4. The van der Waals surface area contributed by atoms with Gasteiger partial charge in [0, 0.05) is 37.5 Å². The average molecular weight is 584 g/mol. The van der Waals surface area contributed by atoms with Gasteiger partial charge in [-0.15, -0.1) is 0 Å². The third kappa shape index (κ3) is 9.10. The average Bonchev–Trinajstić information content (AvgIpc) is 2.93. The summed E-state index contributed by atoms with van der Waals surface area (Å²) >= 11 is 6.16. The maximum Gasteiger partial charge on any atom is 0.243 e. The van der Waals surface area contributed by atoms with Crippen molar-refractivity contribution in [2.75, 3.05) is 23.7 Å². The Bertz CT molecular complexity index is 1370. The van der Waals surface area contributed by atoms with Crippen molar-refractivity contribution in [1.82, 2.24) is 10.2 Å². The highest BCUT2D eigenvalue weighted by Crippen LogP contribution is 2.27. The lowest BCUT2D eigenvalue weighted by molar-refractivity contribution is -0.141. The fraction of sp³-hybridized carbons (Fsp3) is 0.355. The number of carbonyl (C=O) groups is 2. The van der Waals surface area contributed by atoms with E-state index in [0.717, 1.165) is 29.4 Å². The first-order valence-corrected chi connectivity index (χ1v) is 15.7. The van der Waals surface area contributed by atoms with Crippen LogP contribution >= 0.6 is 11.6 Å². The highest BCUT2D eigenvalue weighted by molar-refractivity contribution is 7.92. The summed E-state index contributed by atoms with van der Waals surface area (Å²) in [5.41, 5.74) is 3.11. The van der Waals surface area contributed by atoms with Crippen molar-refractivity contribution in [1.29, 1.82) is 0 Å². The van der Waals surface area contributed by atoms with E-state index in [2.05, 4.69) is 5.32 Å². The molecule has 214 valence electrons. The van der Waals surface area contributed by atoms with Crippen LogP contribution in [0.5, 0.6) is 0 Å². The molecule has 3 rings (SSSR count). The van der Waals surface area contributed by atoms with Gasteiger partial charge in [-0.1, -0.05) is 85.3 Å². The van der Waals surface area contributed by atoms with E-state index in [1.165, 1.54) is 4.31 Å². The van der Waals surface area contributed by atoms with Gasteiger partial charge >= 0.3 is 0 Å². The number of anilines is 1. The molecule has 0 saturated carbocycles. The number of nitrogens with zero attached hydrogens (tertiary/aromatic N) is 2. The van der Waals surface area contributed by atoms with Gasteiger partial charge in [-0.05, 0) is 48.6 Å². The smallest absolute Gasteiger partial charge is 0.243 e. The number of halogens is 1. The molecule has 0 fully saturated rings. The zero-order valence-electron chi connectivity index (χ0n) is 23.3. The summed E-state index contributed by atoms with van der Waals surface area (Å²) in [6.45, 7) is 4.68. The van der Waals surface area contributed by atoms with Gasteiger partial charge in [0.1, 0.15) is 6.04 Å². The molecule has 2 amide bonds. The standard InChI is InChI=1S/C31H38ClN3O4S/c1-4-19-33-31(37)29(21-25-12-7-5-8-13-25)34(23-26-14-9-6-10-15-26)30(36)16-11-20-35(40(3,38)39)28-22-27(32)18-17-24(28)2/h5-10,12-15,17-18,22,29H,4,11,16,19-21,23H2,1-3H3,(H,33,37). The lowest BCUT2D eigenvalue weighted by Crippen LogP contribution is -2.50. The molecule has 0 aliphatic carbocycles.